The van der Waals surface area contributed by atoms with Crippen LogP contribution < -0.4 is 44.5 Å². The van der Waals surface area contributed by atoms with Gasteiger partial charge in [-0.3, -0.25) is 0 Å². The first-order chi connectivity index (χ1) is 27.7. The molecule has 0 fully saturated rings. The standard InChI is InChI=1S/C45H76N4O13.HI/c1-39(2,3)57-33(51)29(46-36(54)60-42(10,11)12)22-20-21-25-49-26-28(23-24-30(34(52)58-40(4,5)6)47-37(55)61-43(13,14)15)32(31(50)27-49)45(19,35(53)59-41(7,8)9)48-38(56)62-44(16,17)18;/h26-27,29-30H,20-25H2,1-19H3,(H3-,46,47,48,50,54,55,56);1H. The fourth-order valence-electron chi connectivity index (χ4n) is 5.77. The summed E-state index contributed by atoms with van der Waals surface area (Å²) in [5, 5.41) is 19.8. The minimum Gasteiger partial charge on any atom is -1.00 e. The zero-order valence-electron chi connectivity index (χ0n) is 41.2. The Morgan fingerprint density at radius 1 is 0.540 bits per heavy atom. The van der Waals surface area contributed by atoms with Crippen molar-refractivity contribution in [3.8, 4) is 5.75 Å². The molecule has 0 aliphatic heterocycles. The van der Waals surface area contributed by atoms with Gasteiger partial charge < -0.3 is 73.5 Å². The predicted molar refractivity (Wildman–Crippen MR) is 231 cm³/mol. The highest BCUT2D eigenvalue weighted by Crippen LogP contribution is 2.35. The van der Waals surface area contributed by atoms with E-state index in [1.165, 1.54) is 13.1 Å². The van der Waals surface area contributed by atoms with Crippen LogP contribution >= 0.6 is 0 Å². The Bertz CT molecular complexity index is 1740. The number of aromatic nitrogens is 1. The van der Waals surface area contributed by atoms with Crippen molar-refractivity contribution in [3.63, 3.8) is 0 Å². The second kappa shape index (κ2) is 22.7. The van der Waals surface area contributed by atoms with Gasteiger partial charge in [0, 0.05) is 17.5 Å². The number of nitrogens with zero attached hydrogens (tertiary/aromatic N) is 1. The number of aryl methyl sites for hydroxylation is 2. The zero-order chi connectivity index (χ0) is 48.4. The monoisotopic (exact) mass is 1010 g/mol. The van der Waals surface area contributed by atoms with Crippen molar-refractivity contribution < 1.29 is 90.8 Å². The number of hydrogen-bond donors (Lipinski definition) is 4. The molecule has 0 saturated carbocycles. The number of carbonyl (C=O) groups excluding carboxylic acids is 6. The van der Waals surface area contributed by atoms with Crippen molar-refractivity contribution >= 4 is 36.2 Å². The molecule has 3 atom stereocenters. The average Bonchev–Trinajstić information content (AvgIpc) is 2.98. The summed E-state index contributed by atoms with van der Waals surface area (Å²) in [4.78, 5) is 80.0. The maximum atomic E-state index is 14.2. The summed E-state index contributed by atoms with van der Waals surface area (Å²) >= 11 is 0. The van der Waals surface area contributed by atoms with Crippen molar-refractivity contribution in [2.24, 2.45) is 0 Å². The molecule has 0 bridgehead atoms. The van der Waals surface area contributed by atoms with E-state index in [2.05, 4.69) is 16.0 Å². The number of pyridine rings is 1. The lowest BCUT2D eigenvalue weighted by Crippen LogP contribution is -3.00. The smallest absolute Gasteiger partial charge is 0.408 e. The molecule has 3 unspecified atom stereocenters. The van der Waals surface area contributed by atoms with Gasteiger partial charge in [0.05, 0.1) is 0 Å². The Morgan fingerprint density at radius 3 is 1.32 bits per heavy atom. The molecule has 1 aromatic heterocycles. The largest absolute Gasteiger partial charge is 1.00 e. The summed E-state index contributed by atoms with van der Waals surface area (Å²) in [6, 6.07) is -2.27. The van der Waals surface area contributed by atoms with Crippen LogP contribution in [0.4, 0.5) is 14.4 Å². The lowest BCUT2D eigenvalue weighted by Gasteiger charge is -2.34. The highest BCUT2D eigenvalue weighted by atomic mass is 127. The third-order valence-electron chi connectivity index (χ3n) is 7.87. The van der Waals surface area contributed by atoms with Crippen LogP contribution in [0.5, 0.6) is 5.75 Å². The Morgan fingerprint density at radius 2 is 0.921 bits per heavy atom. The number of nitrogens with one attached hydrogen (secondary N) is 3. The molecule has 1 aromatic rings. The van der Waals surface area contributed by atoms with Crippen molar-refractivity contribution in [1.29, 1.82) is 0 Å². The SMILES string of the molecule is CC(C)(C)OC(=O)NC(CCCC[n+]1cc(O)c(C(C)(NC(=O)OC(C)(C)C)C(=O)OC(C)(C)C)c(CCC(NC(=O)OC(C)(C)C)C(=O)OC(C)(C)C)c1)C(=O)OC(C)(C)C.[I-]. The van der Waals surface area contributed by atoms with Crippen LogP contribution in [0.2, 0.25) is 0 Å². The maximum absolute atomic E-state index is 14.2. The molecule has 0 aliphatic rings. The summed E-state index contributed by atoms with van der Waals surface area (Å²) in [6.45, 7) is 32.0. The van der Waals surface area contributed by atoms with E-state index in [1.54, 1.807) is 135 Å². The lowest BCUT2D eigenvalue weighted by molar-refractivity contribution is -0.698. The van der Waals surface area contributed by atoms with E-state index in [0.717, 1.165) is 0 Å². The van der Waals surface area contributed by atoms with Crippen molar-refractivity contribution in [2.75, 3.05) is 0 Å². The fourth-order valence-corrected chi connectivity index (χ4v) is 5.77. The van der Waals surface area contributed by atoms with Gasteiger partial charge in [-0.2, -0.15) is 0 Å². The molecule has 0 saturated heterocycles. The van der Waals surface area contributed by atoms with Crippen LogP contribution in [0.1, 0.15) is 168 Å². The van der Waals surface area contributed by atoms with Gasteiger partial charge in [0.15, 0.2) is 17.5 Å². The first-order valence-electron chi connectivity index (χ1n) is 21.1. The van der Waals surface area contributed by atoms with Crippen LogP contribution in [-0.4, -0.2) is 87.0 Å². The molecule has 0 spiro atoms. The number of ether oxygens (including phenoxy) is 6. The second-order valence-corrected chi connectivity index (χ2v) is 21.5. The van der Waals surface area contributed by atoms with E-state index >= 15 is 0 Å². The topological polar surface area (TPSA) is 218 Å². The quantitative estimate of drug-likeness (QED) is 0.0633. The molecule has 17 nitrogen and oxygen atoms in total. The number of carbonyl (C=O) groups is 6. The molecule has 63 heavy (non-hydrogen) atoms. The number of unbranched alkanes of at least 4 members (excludes halogenated alkanes) is 1. The van der Waals surface area contributed by atoms with E-state index in [4.69, 9.17) is 28.4 Å². The van der Waals surface area contributed by atoms with Crippen LogP contribution in [0.15, 0.2) is 12.4 Å². The fraction of sp³-hybridized carbons (Fsp3) is 0.756. The zero-order valence-corrected chi connectivity index (χ0v) is 43.4. The number of halogens is 1. The molecule has 3 amide bonds. The van der Waals surface area contributed by atoms with Crippen molar-refractivity contribution in [3.05, 3.63) is 23.5 Å². The van der Waals surface area contributed by atoms with Crippen molar-refractivity contribution in [1.82, 2.24) is 16.0 Å². The number of esters is 3. The third kappa shape index (κ3) is 24.0. The highest BCUT2D eigenvalue weighted by Gasteiger charge is 2.46. The summed E-state index contributed by atoms with van der Waals surface area (Å²) < 4.78 is 35.1. The van der Waals surface area contributed by atoms with E-state index < -0.39 is 93.2 Å². The first kappa shape index (κ1) is 58.9. The summed E-state index contributed by atoms with van der Waals surface area (Å²) in [5.74, 6) is -2.69. The third-order valence-corrected chi connectivity index (χ3v) is 7.87. The number of aromatic hydroxyl groups is 1. The number of alkyl carbamates (subject to hydrolysis) is 3. The van der Waals surface area contributed by atoms with Gasteiger partial charge in [-0.25, -0.2) is 33.3 Å². The summed E-state index contributed by atoms with van der Waals surface area (Å²) in [5.41, 5.74) is -7.18. The van der Waals surface area contributed by atoms with Crippen LogP contribution in [0, 0.1) is 0 Å². The van der Waals surface area contributed by atoms with E-state index in [0.29, 0.717) is 18.4 Å². The van der Waals surface area contributed by atoms with Gasteiger partial charge in [-0.05, 0) is 157 Å². The predicted octanol–water partition coefficient (Wildman–Crippen LogP) is 4.34. The van der Waals surface area contributed by atoms with E-state index in [9.17, 15) is 33.9 Å². The molecular formula is C45H77IN4O13. The van der Waals surface area contributed by atoms with Gasteiger partial charge in [-0.15, -0.1) is 0 Å². The van der Waals surface area contributed by atoms with Gasteiger partial charge in [0.1, 0.15) is 52.2 Å². The molecule has 1 rings (SSSR count). The molecule has 0 aromatic carbocycles. The van der Waals surface area contributed by atoms with Gasteiger partial charge in [0.2, 0.25) is 6.20 Å². The second-order valence-electron chi connectivity index (χ2n) is 21.5. The summed E-state index contributed by atoms with van der Waals surface area (Å²) in [6.07, 6.45) is 1.29. The minimum atomic E-state index is -2.05. The normalized spacial score (nSPS) is 14.3. The van der Waals surface area contributed by atoms with Crippen molar-refractivity contribution in [2.45, 2.75) is 221 Å². The van der Waals surface area contributed by atoms with Crippen LogP contribution in [0.3, 0.4) is 0 Å². The maximum Gasteiger partial charge on any atom is 0.408 e. The number of amides is 3. The lowest BCUT2D eigenvalue weighted by atomic mass is 9.86. The minimum absolute atomic E-state index is 0. The summed E-state index contributed by atoms with van der Waals surface area (Å²) in [7, 11) is 0. The van der Waals surface area contributed by atoms with Gasteiger partial charge in [-0.1, -0.05) is 0 Å². The Hall–Kier alpha value is -4.10. The molecule has 18 heteroatoms. The number of rotatable bonds is 15. The average molecular weight is 1010 g/mol. The van der Waals surface area contributed by atoms with Crippen LogP contribution in [0.25, 0.3) is 0 Å². The molecule has 1 heterocycles. The molecular weight excluding hydrogens is 931 g/mol. The van der Waals surface area contributed by atoms with Gasteiger partial charge in [0.25, 0.3) is 0 Å². The Labute approximate surface area is 392 Å². The molecule has 362 valence electrons. The number of hydrogen-bond acceptors (Lipinski definition) is 13. The van der Waals surface area contributed by atoms with E-state index in [-0.39, 0.29) is 55.3 Å². The molecule has 0 aliphatic carbocycles. The van der Waals surface area contributed by atoms with Gasteiger partial charge >= 0.3 is 36.2 Å². The molecule has 0 radical (unpaired) electrons. The first-order valence-corrected chi connectivity index (χ1v) is 21.1. The Balaban J connectivity index is 0.0000384. The van der Waals surface area contributed by atoms with Crippen LogP contribution in [-0.2, 0) is 61.3 Å². The Kier molecular flexibility index (Phi) is 21.2. The highest BCUT2D eigenvalue weighted by molar-refractivity contribution is 5.88. The van der Waals surface area contributed by atoms with E-state index in [1.807, 2.05) is 0 Å². The molecule has 4 N–H and O–H groups in total.